The van der Waals surface area contributed by atoms with Crippen LogP contribution in [0.5, 0.6) is 0 Å². The topological polar surface area (TPSA) is 69.6 Å². The molecule has 7 heteroatoms. The summed E-state index contributed by atoms with van der Waals surface area (Å²) in [6.07, 6.45) is 8.78. The Bertz CT molecular complexity index is 863. The highest BCUT2D eigenvalue weighted by atomic mass is 16.2. The Morgan fingerprint density at radius 1 is 1.10 bits per heavy atom. The summed E-state index contributed by atoms with van der Waals surface area (Å²) in [5, 5.41) is 0. The summed E-state index contributed by atoms with van der Waals surface area (Å²) in [6.45, 7) is 5.40. The fraction of sp³-hybridized carbons (Fsp3) is 0.478. The van der Waals surface area contributed by atoms with Gasteiger partial charge in [-0.15, -0.1) is 0 Å². The molecule has 0 bridgehead atoms. The smallest absolute Gasteiger partial charge is 0.228 e. The van der Waals surface area contributed by atoms with Crippen LogP contribution in [0, 0.1) is 5.92 Å². The molecule has 2 saturated heterocycles. The van der Waals surface area contributed by atoms with Crippen LogP contribution < -0.4 is 9.80 Å². The van der Waals surface area contributed by atoms with E-state index >= 15 is 0 Å². The number of piperazine rings is 1. The molecule has 3 heterocycles. The third-order valence-corrected chi connectivity index (χ3v) is 6.01. The van der Waals surface area contributed by atoms with Crippen LogP contribution in [-0.4, -0.2) is 59.4 Å². The number of nitrogens with zero attached hydrogens (tertiary/aromatic N) is 5. The van der Waals surface area contributed by atoms with Crippen molar-refractivity contribution < 1.29 is 9.59 Å². The van der Waals surface area contributed by atoms with Crippen LogP contribution in [0.1, 0.15) is 31.7 Å². The molecule has 1 aromatic heterocycles. The maximum Gasteiger partial charge on any atom is 0.228 e. The van der Waals surface area contributed by atoms with Crippen molar-refractivity contribution in [2.24, 2.45) is 5.92 Å². The molecule has 158 valence electrons. The third-order valence-electron chi connectivity index (χ3n) is 6.01. The summed E-state index contributed by atoms with van der Waals surface area (Å²) < 4.78 is 0. The molecule has 1 atom stereocenters. The number of unbranched alkanes of at least 4 members (excludes halogenated alkanes) is 1. The lowest BCUT2D eigenvalue weighted by atomic mass is 10.1. The second-order valence-corrected chi connectivity index (χ2v) is 8.05. The Labute approximate surface area is 177 Å². The van der Waals surface area contributed by atoms with Crippen LogP contribution in [0.3, 0.4) is 0 Å². The van der Waals surface area contributed by atoms with Crippen LogP contribution in [-0.2, 0) is 16.0 Å². The summed E-state index contributed by atoms with van der Waals surface area (Å²) in [5.41, 5.74) is 2.18. The molecule has 2 aliphatic heterocycles. The standard InChI is InChI=1S/C23H29N5O2/c1-2-3-4-18-5-7-20(8-6-18)28-17-19(15-22(28)29)23(30)27-13-11-26(12-14-27)21-16-24-9-10-25-21/h5-10,16,19H,2-4,11-15,17H2,1H3/t19-/m1/s1. The molecule has 0 unspecified atom stereocenters. The fourth-order valence-corrected chi connectivity index (χ4v) is 4.21. The summed E-state index contributed by atoms with van der Waals surface area (Å²) in [7, 11) is 0. The van der Waals surface area contributed by atoms with E-state index in [0.29, 0.717) is 26.1 Å². The first kappa shape index (κ1) is 20.3. The Balaban J connectivity index is 1.33. The predicted octanol–water partition coefficient (Wildman–Crippen LogP) is 2.52. The Hall–Kier alpha value is -2.96. The molecule has 30 heavy (non-hydrogen) atoms. The summed E-state index contributed by atoms with van der Waals surface area (Å²) in [6, 6.07) is 8.21. The molecule has 2 aliphatic rings. The number of rotatable bonds is 6. The molecule has 0 radical (unpaired) electrons. The Kier molecular flexibility index (Phi) is 6.26. The van der Waals surface area contributed by atoms with Crippen LogP contribution in [0.25, 0.3) is 0 Å². The van der Waals surface area contributed by atoms with Gasteiger partial charge in [0, 0.05) is 57.2 Å². The molecular formula is C23H29N5O2. The van der Waals surface area contributed by atoms with Gasteiger partial charge in [0.2, 0.25) is 11.8 Å². The molecule has 2 amide bonds. The molecule has 1 aromatic carbocycles. The molecule has 0 spiro atoms. The SMILES string of the molecule is CCCCc1ccc(N2C[C@H](C(=O)N3CCN(c4cnccn4)CC3)CC2=O)cc1. The van der Waals surface area contributed by atoms with Crippen LogP contribution >= 0.6 is 0 Å². The average molecular weight is 408 g/mol. The molecule has 4 rings (SSSR count). The van der Waals surface area contributed by atoms with Gasteiger partial charge in [-0.2, -0.15) is 0 Å². The second kappa shape index (κ2) is 9.24. The summed E-state index contributed by atoms with van der Waals surface area (Å²) in [5.74, 6) is 0.701. The molecule has 2 aromatic rings. The van der Waals surface area contributed by atoms with E-state index in [1.54, 1.807) is 23.5 Å². The minimum absolute atomic E-state index is 0.0351. The van der Waals surface area contributed by atoms with Gasteiger partial charge in [0.05, 0.1) is 12.1 Å². The number of anilines is 2. The number of hydrogen-bond acceptors (Lipinski definition) is 5. The van der Waals surface area contributed by atoms with Gasteiger partial charge in [-0.1, -0.05) is 25.5 Å². The van der Waals surface area contributed by atoms with Crippen molar-refractivity contribution in [3.05, 3.63) is 48.4 Å². The number of amides is 2. The van der Waals surface area contributed by atoms with Gasteiger partial charge in [0.15, 0.2) is 0 Å². The third kappa shape index (κ3) is 4.45. The van der Waals surface area contributed by atoms with Gasteiger partial charge < -0.3 is 14.7 Å². The monoisotopic (exact) mass is 407 g/mol. The maximum absolute atomic E-state index is 13.0. The lowest BCUT2D eigenvalue weighted by Crippen LogP contribution is -2.51. The lowest BCUT2D eigenvalue weighted by Gasteiger charge is -2.36. The first-order valence-corrected chi connectivity index (χ1v) is 10.8. The minimum atomic E-state index is -0.264. The highest BCUT2D eigenvalue weighted by Crippen LogP contribution is 2.27. The van der Waals surface area contributed by atoms with Crippen molar-refractivity contribution in [2.45, 2.75) is 32.6 Å². The van der Waals surface area contributed by atoms with Crippen LogP contribution in [0.4, 0.5) is 11.5 Å². The zero-order valence-corrected chi connectivity index (χ0v) is 17.5. The van der Waals surface area contributed by atoms with E-state index in [9.17, 15) is 9.59 Å². The zero-order chi connectivity index (χ0) is 20.9. The number of benzene rings is 1. The van der Waals surface area contributed by atoms with Gasteiger partial charge in [-0.25, -0.2) is 4.98 Å². The molecule has 2 fully saturated rings. The fourth-order valence-electron chi connectivity index (χ4n) is 4.21. The van der Waals surface area contributed by atoms with Crippen LogP contribution in [0.2, 0.25) is 0 Å². The van der Waals surface area contributed by atoms with Crippen molar-refractivity contribution >= 4 is 23.3 Å². The molecule has 7 nitrogen and oxygen atoms in total. The Morgan fingerprint density at radius 3 is 2.53 bits per heavy atom. The molecule has 0 saturated carbocycles. The highest BCUT2D eigenvalue weighted by Gasteiger charge is 2.38. The quantitative estimate of drug-likeness (QED) is 0.736. The first-order chi connectivity index (χ1) is 14.7. The van der Waals surface area contributed by atoms with Crippen molar-refractivity contribution in [3.63, 3.8) is 0 Å². The van der Waals surface area contributed by atoms with Crippen LogP contribution in [0.15, 0.2) is 42.9 Å². The van der Waals surface area contributed by atoms with Crippen molar-refractivity contribution in [1.82, 2.24) is 14.9 Å². The Morgan fingerprint density at radius 2 is 1.87 bits per heavy atom. The highest BCUT2D eigenvalue weighted by molar-refractivity contribution is 6.00. The lowest BCUT2D eigenvalue weighted by molar-refractivity contribution is -0.136. The van der Waals surface area contributed by atoms with Gasteiger partial charge in [-0.3, -0.25) is 14.6 Å². The van der Waals surface area contributed by atoms with E-state index in [-0.39, 0.29) is 17.7 Å². The number of aryl methyl sites for hydroxylation is 1. The number of hydrogen-bond donors (Lipinski definition) is 0. The van der Waals surface area contributed by atoms with Crippen molar-refractivity contribution in [2.75, 3.05) is 42.5 Å². The van der Waals surface area contributed by atoms with Gasteiger partial charge in [0.1, 0.15) is 5.82 Å². The maximum atomic E-state index is 13.0. The van der Waals surface area contributed by atoms with Gasteiger partial charge in [-0.05, 0) is 30.5 Å². The zero-order valence-electron chi connectivity index (χ0n) is 17.5. The van der Waals surface area contributed by atoms with Gasteiger partial charge in [0.25, 0.3) is 0 Å². The van der Waals surface area contributed by atoms with Crippen molar-refractivity contribution in [3.8, 4) is 0 Å². The molecule has 0 aliphatic carbocycles. The second-order valence-electron chi connectivity index (χ2n) is 8.05. The summed E-state index contributed by atoms with van der Waals surface area (Å²) in [4.78, 5) is 39.9. The largest absolute Gasteiger partial charge is 0.352 e. The van der Waals surface area contributed by atoms with E-state index in [4.69, 9.17) is 0 Å². The predicted molar refractivity (Wildman–Crippen MR) is 116 cm³/mol. The molecular weight excluding hydrogens is 378 g/mol. The van der Waals surface area contributed by atoms with Gasteiger partial charge >= 0.3 is 0 Å². The van der Waals surface area contributed by atoms with E-state index in [2.05, 4.69) is 33.9 Å². The molecule has 0 N–H and O–H groups in total. The first-order valence-electron chi connectivity index (χ1n) is 10.8. The van der Waals surface area contributed by atoms with Crippen molar-refractivity contribution in [1.29, 1.82) is 0 Å². The minimum Gasteiger partial charge on any atom is -0.352 e. The van der Waals surface area contributed by atoms with E-state index in [0.717, 1.165) is 31.0 Å². The van der Waals surface area contributed by atoms with E-state index in [1.165, 1.54) is 18.4 Å². The average Bonchev–Trinajstić information content (AvgIpc) is 3.20. The van der Waals surface area contributed by atoms with E-state index in [1.807, 2.05) is 17.0 Å². The number of carbonyl (C=O) groups is 2. The number of aromatic nitrogens is 2. The number of carbonyl (C=O) groups excluding carboxylic acids is 2. The normalized spacial score (nSPS) is 19.4. The van der Waals surface area contributed by atoms with E-state index < -0.39 is 0 Å². The summed E-state index contributed by atoms with van der Waals surface area (Å²) >= 11 is 0.